The molecule has 2 aromatic heterocycles. The van der Waals surface area contributed by atoms with E-state index in [0.29, 0.717) is 29.9 Å². The van der Waals surface area contributed by atoms with Crippen LogP contribution in [-0.4, -0.2) is 20.3 Å². The van der Waals surface area contributed by atoms with Crippen LogP contribution in [0.3, 0.4) is 0 Å². The van der Waals surface area contributed by atoms with Crippen molar-refractivity contribution < 1.29 is 4.52 Å². The summed E-state index contributed by atoms with van der Waals surface area (Å²) in [6.07, 6.45) is 0. The summed E-state index contributed by atoms with van der Waals surface area (Å²) < 4.78 is 4.81. The highest BCUT2D eigenvalue weighted by molar-refractivity contribution is 5.38. The molecule has 3 N–H and O–H groups in total. The van der Waals surface area contributed by atoms with Crippen molar-refractivity contribution in [3.8, 4) is 0 Å². The Morgan fingerprint density at radius 3 is 2.87 bits per heavy atom. The van der Waals surface area contributed by atoms with Crippen LogP contribution in [0, 0.1) is 6.92 Å². The number of anilines is 2. The zero-order valence-corrected chi connectivity index (χ0v) is 8.14. The molecule has 0 fully saturated rings. The molecule has 0 aliphatic rings. The molecule has 2 rings (SSSR count). The molecule has 0 spiro atoms. The van der Waals surface area contributed by atoms with Gasteiger partial charge >= 0.3 is 0 Å². The van der Waals surface area contributed by atoms with Gasteiger partial charge in [0.25, 0.3) is 0 Å². The van der Waals surface area contributed by atoms with Gasteiger partial charge in [-0.1, -0.05) is 5.16 Å². The largest absolute Gasteiger partial charge is 0.382 e. The Hall–Kier alpha value is -2.18. The third-order valence-electron chi connectivity index (χ3n) is 1.68. The lowest BCUT2D eigenvalue weighted by molar-refractivity contribution is 0.388. The first kappa shape index (κ1) is 9.38. The lowest BCUT2D eigenvalue weighted by Gasteiger charge is -2.00. The van der Waals surface area contributed by atoms with Gasteiger partial charge in [-0.3, -0.25) is 0 Å². The van der Waals surface area contributed by atoms with Crippen molar-refractivity contribution in [2.75, 3.05) is 11.1 Å². The number of hydrogen-bond donors (Lipinski definition) is 2. The van der Waals surface area contributed by atoms with Gasteiger partial charge in [-0.2, -0.15) is 4.98 Å². The first-order chi connectivity index (χ1) is 7.24. The number of hydrogen-bond acceptors (Lipinski definition) is 7. The van der Waals surface area contributed by atoms with E-state index < -0.39 is 0 Å². The molecule has 0 aromatic carbocycles. The molecule has 2 heterocycles. The van der Waals surface area contributed by atoms with Crippen molar-refractivity contribution in [3.63, 3.8) is 0 Å². The van der Waals surface area contributed by atoms with Crippen molar-refractivity contribution >= 4 is 11.6 Å². The fraction of sp³-hybridized carbons (Fsp3) is 0.250. The van der Waals surface area contributed by atoms with Crippen LogP contribution in [0.15, 0.2) is 16.7 Å². The fourth-order valence-electron chi connectivity index (χ4n) is 1.02. The molecule has 7 heteroatoms. The molecular weight excluding hydrogens is 196 g/mol. The molecule has 0 saturated heterocycles. The number of nitrogens with two attached hydrogens (primary N) is 1. The van der Waals surface area contributed by atoms with Gasteiger partial charge in [0.05, 0.1) is 6.54 Å². The fourth-order valence-corrected chi connectivity index (χ4v) is 1.02. The molecule has 7 nitrogen and oxygen atoms in total. The summed E-state index contributed by atoms with van der Waals surface area (Å²) in [5.74, 6) is 2.11. The van der Waals surface area contributed by atoms with Gasteiger partial charge < -0.3 is 15.6 Å². The number of rotatable bonds is 3. The smallest absolute Gasteiger partial charge is 0.223 e. The van der Waals surface area contributed by atoms with E-state index in [0.717, 1.165) is 0 Å². The molecule has 78 valence electrons. The average molecular weight is 206 g/mol. The Balaban J connectivity index is 1.96. The first-order valence-electron chi connectivity index (χ1n) is 4.36. The highest BCUT2D eigenvalue weighted by atomic mass is 16.5. The second-order valence-corrected chi connectivity index (χ2v) is 2.93. The van der Waals surface area contributed by atoms with Crippen LogP contribution in [0.4, 0.5) is 11.6 Å². The molecule has 2 aromatic rings. The van der Waals surface area contributed by atoms with E-state index in [9.17, 15) is 0 Å². The Morgan fingerprint density at radius 2 is 2.27 bits per heavy atom. The number of aryl methyl sites for hydroxylation is 1. The van der Waals surface area contributed by atoms with Crippen molar-refractivity contribution in [1.29, 1.82) is 0 Å². The van der Waals surface area contributed by atoms with Gasteiger partial charge in [-0.25, -0.2) is 0 Å². The van der Waals surface area contributed by atoms with E-state index in [2.05, 4.69) is 25.7 Å². The molecule has 0 atom stereocenters. The molecular formula is C8H10N6O. The first-order valence-corrected chi connectivity index (χ1v) is 4.36. The highest BCUT2D eigenvalue weighted by Crippen LogP contribution is 2.04. The van der Waals surface area contributed by atoms with Crippen LogP contribution in [0.25, 0.3) is 0 Å². The third kappa shape index (κ3) is 2.39. The van der Waals surface area contributed by atoms with E-state index in [1.54, 1.807) is 19.1 Å². The van der Waals surface area contributed by atoms with Crippen LogP contribution in [-0.2, 0) is 6.54 Å². The molecule has 0 unspecified atom stereocenters. The molecule has 0 aliphatic carbocycles. The summed E-state index contributed by atoms with van der Waals surface area (Å²) in [7, 11) is 0. The van der Waals surface area contributed by atoms with Gasteiger partial charge in [0.1, 0.15) is 11.6 Å². The molecule has 0 bridgehead atoms. The van der Waals surface area contributed by atoms with Crippen LogP contribution >= 0.6 is 0 Å². The quantitative estimate of drug-likeness (QED) is 0.747. The van der Waals surface area contributed by atoms with Crippen LogP contribution in [0.2, 0.25) is 0 Å². The lowest BCUT2D eigenvalue weighted by Crippen LogP contribution is -2.04. The van der Waals surface area contributed by atoms with Gasteiger partial charge in [-0.15, -0.1) is 10.2 Å². The van der Waals surface area contributed by atoms with E-state index in [-0.39, 0.29) is 0 Å². The van der Waals surface area contributed by atoms with Crippen LogP contribution < -0.4 is 11.1 Å². The maximum atomic E-state index is 5.40. The van der Waals surface area contributed by atoms with E-state index in [1.807, 2.05) is 0 Å². The van der Waals surface area contributed by atoms with Crippen molar-refractivity contribution in [2.45, 2.75) is 13.5 Å². The van der Waals surface area contributed by atoms with E-state index in [1.165, 1.54) is 0 Å². The molecule has 0 saturated carbocycles. The van der Waals surface area contributed by atoms with Gasteiger partial charge in [-0.05, 0) is 12.1 Å². The number of nitrogens with zero attached hydrogens (tertiary/aromatic N) is 4. The maximum absolute atomic E-state index is 5.40. The summed E-state index contributed by atoms with van der Waals surface area (Å²) >= 11 is 0. The minimum atomic E-state index is 0.385. The Morgan fingerprint density at radius 1 is 1.40 bits per heavy atom. The predicted molar refractivity (Wildman–Crippen MR) is 52.8 cm³/mol. The maximum Gasteiger partial charge on any atom is 0.223 e. The van der Waals surface area contributed by atoms with Crippen molar-refractivity contribution in [2.24, 2.45) is 0 Å². The van der Waals surface area contributed by atoms with Gasteiger partial charge in [0, 0.05) is 6.92 Å². The summed E-state index contributed by atoms with van der Waals surface area (Å²) in [4.78, 5) is 4.03. The SMILES string of the molecule is Cc1nc(CNc2ccc(N)nn2)no1. The summed E-state index contributed by atoms with van der Waals surface area (Å²) in [5.41, 5.74) is 5.40. The van der Waals surface area contributed by atoms with Gasteiger partial charge in [0.2, 0.25) is 5.89 Å². The Kier molecular flexibility index (Phi) is 2.44. The third-order valence-corrected chi connectivity index (χ3v) is 1.68. The summed E-state index contributed by atoms with van der Waals surface area (Å²) in [6.45, 7) is 2.18. The Labute approximate surface area is 85.7 Å². The normalized spacial score (nSPS) is 10.2. The zero-order chi connectivity index (χ0) is 10.7. The van der Waals surface area contributed by atoms with Crippen LogP contribution in [0.5, 0.6) is 0 Å². The second kappa shape index (κ2) is 3.91. The average Bonchev–Trinajstić information content (AvgIpc) is 2.64. The predicted octanol–water partition coefficient (Wildman–Crippen LogP) is 0.362. The zero-order valence-electron chi connectivity index (χ0n) is 8.14. The topological polar surface area (TPSA) is 103 Å². The van der Waals surface area contributed by atoms with Crippen molar-refractivity contribution in [1.82, 2.24) is 20.3 Å². The van der Waals surface area contributed by atoms with E-state index in [4.69, 9.17) is 10.3 Å². The number of aromatic nitrogens is 4. The van der Waals surface area contributed by atoms with E-state index >= 15 is 0 Å². The summed E-state index contributed by atoms with van der Waals surface area (Å²) in [6, 6.07) is 3.39. The monoisotopic (exact) mass is 206 g/mol. The minimum Gasteiger partial charge on any atom is -0.382 e. The lowest BCUT2D eigenvalue weighted by atomic mass is 10.5. The molecule has 0 amide bonds. The molecule has 0 aliphatic heterocycles. The van der Waals surface area contributed by atoms with Gasteiger partial charge in [0.15, 0.2) is 5.82 Å². The minimum absolute atomic E-state index is 0.385. The second-order valence-electron chi connectivity index (χ2n) is 2.93. The van der Waals surface area contributed by atoms with Crippen LogP contribution in [0.1, 0.15) is 11.7 Å². The Bertz CT molecular complexity index is 437. The molecule has 0 radical (unpaired) electrons. The highest BCUT2D eigenvalue weighted by Gasteiger charge is 2.02. The number of nitrogen functional groups attached to an aromatic ring is 1. The summed E-state index contributed by atoms with van der Waals surface area (Å²) in [5, 5.41) is 14.2. The van der Waals surface area contributed by atoms with Crippen molar-refractivity contribution in [3.05, 3.63) is 23.8 Å². The standard InChI is InChI=1S/C8H10N6O/c1-5-11-8(14-15-5)4-10-7-3-2-6(9)12-13-7/h2-3H,4H2,1H3,(H2,9,12)(H,10,13). The number of nitrogens with one attached hydrogen (secondary N) is 1. The molecule has 15 heavy (non-hydrogen) atoms.